The predicted octanol–water partition coefficient (Wildman–Crippen LogP) is 2.79. The van der Waals surface area contributed by atoms with Crippen LogP contribution >= 0.6 is 11.8 Å². The van der Waals surface area contributed by atoms with Crippen LogP contribution in [-0.4, -0.2) is 15.7 Å². The first kappa shape index (κ1) is 10.5. The summed E-state index contributed by atoms with van der Waals surface area (Å²) >= 11 is 1.77. The van der Waals surface area contributed by atoms with Crippen molar-refractivity contribution < 1.29 is 0 Å². The van der Waals surface area contributed by atoms with Gasteiger partial charge in [-0.05, 0) is 18.1 Å². The average molecular weight is 196 g/mol. The Balaban J connectivity index is 2.78. The highest BCUT2D eigenvalue weighted by Crippen LogP contribution is 2.19. The van der Waals surface area contributed by atoms with Gasteiger partial charge in [0.1, 0.15) is 5.03 Å². The normalized spacial score (nSPS) is 10.8. The maximum atomic E-state index is 4.35. The van der Waals surface area contributed by atoms with Crippen molar-refractivity contribution in [2.45, 2.75) is 32.2 Å². The number of nitrogens with zero attached hydrogens (tertiary/aromatic N) is 2. The van der Waals surface area contributed by atoms with Gasteiger partial charge in [-0.3, -0.25) is 4.98 Å². The van der Waals surface area contributed by atoms with Crippen LogP contribution in [0.2, 0.25) is 0 Å². The Bertz CT molecular complexity index is 261. The molecule has 3 heteroatoms. The van der Waals surface area contributed by atoms with Crippen LogP contribution in [0.4, 0.5) is 0 Å². The van der Waals surface area contributed by atoms with Gasteiger partial charge >= 0.3 is 0 Å². The summed E-state index contributed by atoms with van der Waals surface area (Å²) in [6.07, 6.45) is 4.56. The van der Waals surface area contributed by atoms with Gasteiger partial charge in [0.2, 0.25) is 0 Å². The lowest BCUT2D eigenvalue weighted by molar-refractivity contribution is 0.621. The van der Waals surface area contributed by atoms with Crippen LogP contribution in [0.15, 0.2) is 17.4 Å². The molecule has 0 amide bonds. The average Bonchev–Trinajstić information content (AvgIpc) is 2.08. The van der Waals surface area contributed by atoms with E-state index in [2.05, 4.69) is 30.7 Å². The highest BCUT2D eigenvalue weighted by Gasteiger charge is 2.06. The second-order valence-electron chi connectivity index (χ2n) is 3.34. The van der Waals surface area contributed by atoms with E-state index in [9.17, 15) is 0 Å². The first-order valence-corrected chi connectivity index (χ1v) is 5.65. The zero-order valence-electron chi connectivity index (χ0n) is 8.45. The maximum absolute atomic E-state index is 4.35. The van der Waals surface area contributed by atoms with E-state index in [1.165, 1.54) is 0 Å². The molecule has 1 aromatic heterocycles. The summed E-state index contributed by atoms with van der Waals surface area (Å²) in [6.45, 7) is 6.54. The smallest absolute Gasteiger partial charge is 0.118 e. The van der Waals surface area contributed by atoms with E-state index in [-0.39, 0.29) is 0 Å². The van der Waals surface area contributed by atoms with E-state index in [4.69, 9.17) is 0 Å². The van der Waals surface area contributed by atoms with Crippen LogP contribution in [0.25, 0.3) is 0 Å². The molecule has 0 aliphatic carbocycles. The summed E-state index contributed by atoms with van der Waals surface area (Å²) < 4.78 is 0. The van der Waals surface area contributed by atoms with Crippen LogP contribution in [0, 0.1) is 5.92 Å². The third kappa shape index (κ3) is 3.35. The predicted molar refractivity (Wildman–Crippen MR) is 57.0 cm³/mol. The third-order valence-electron chi connectivity index (χ3n) is 1.62. The molecule has 1 heterocycles. The molecule has 0 aliphatic heterocycles. The van der Waals surface area contributed by atoms with Crippen LogP contribution in [0.1, 0.15) is 26.5 Å². The van der Waals surface area contributed by atoms with E-state index in [1.54, 1.807) is 24.2 Å². The molecule has 0 atom stereocenters. The Morgan fingerprint density at radius 2 is 2.00 bits per heavy atom. The van der Waals surface area contributed by atoms with E-state index in [0.717, 1.165) is 22.9 Å². The standard InChI is InChI=1S/C10H16N2S/c1-4-13-10-9(7-8(2)3)11-5-6-12-10/h5-6,8H,4,7H2,1-3H3. The van der Waals surface area contributed by atoms with E-state index in [1.807, 2.05) is 0 Å². The van der Waals surface area contributed by atoms with Crippen molar-refractivity contribution in [2.24, 2.45) is 5.92 Å². The van der Waals surface area contributed by atoms with E-state index < -0.39 is 0 Å². The Hall–Kier alpha value is -0.570. The highest BCUT2D eigenvalue weighted by molar-refractivity contribution is 7.99. The van der Waals surface area contributed by atoms with Crippen molar-refractivity contribution in [3.05, 3.63) is 18.1 Å². The third-order valence-corrected chi connectivity index (χ3v) is 2.52. The number of thioether (sulfide) groups is 1. The fourth-order valence-electron chi connectivity index (χ4n) is 1.14. The summed E-state index contributed by atoms with van der Waals surface area (Å²) in [4.78, 5) is 8.68. The summed E-state index contributed by atoms with van der Waals surface area (Å²) in [6, 6.07) is 0. The van der Waals surface area contributed by atoms with Crippen molar-refractivity contribution in [1.29, 1.82) is 0 Å². The van der Waals surface area contributed by atoms with Crippen LogP contribution in [0.5, 0.6) is 0 Å². The van der Waals surface area contributed by atoms with Crippen LogP contribution < -0.4 is 0 Å². The summed E-state index contributed by atoms with van der Waals surface area (Å²) in [5.74, 6) is 1.71. The van der Waals surface area contributed by atoms with Crippen molar-refractivity contribution in [2.75, 3.05) is 5.75 Å². The first-order valence-electron chi connectivity index (χ1n) is 4.66. The fraction of sp³-hybridized carbons (Fsp3) is 0.600. The zero-order valence-corrected chi connectivity index (χ0v) is 9.27. The fourth-order valence-corrected chi connectivity index (χ4v) is 1.85. The van der Waals surface area contributed by atoms with Gasteiger partial charge in [0.05, 0.1) is 5.69 Å². The van der Waals surface area contributed by atoms with E-state index in [0.29, 0.717) is 5.92 Å². The number of hydrogen-bond donors (Lipinski definition) is 0. The molecule has 0 N–H and O–H groups in total. The molecule has 0 saturated carbocycles. The minimum Gasteiger partial charge on any atom is -0.257 e. The monoisotopic (exact) mass is 196 g/mol. The highest BCUT2D eigenvalue weighted by atomic mass is 32.2. The maximum Gasteiger partial charge on any atom is 0.118 e. The van der Waals surface area contributed by atoms with Gasteiger partial charge < -0.3 is 0 Å². The van der Waals surface area contributed by atoms with Crippen molar-refractivity contribution in [3.8, 4) is 0 Å². The SMILES string of the molecule is CCSc1nccnc1CC(C)C. The molecular formula is C10H16N2S. The summed E-state index contributed by atoms with van der Waals surface area (Å²) in [5, 5.41) is 1.10. The van der Waals surface area contributed by atoms with Gasteiger partial charge in [-0.15, -0.1) is 11.8 Å². The molecule has 72 valence electrons. The lowest BCUT2D eigenvalue weighted by Gasteiger charge is -2.07. The van der Waals surface area contributed by atoms with Crippen LogP contribution in [-0.2, 0) is 6.42 Å². The number of rotatable bonds is 4. The molecule has 0 spiro atoms. The molecule has 0 radical (unpaired) electrons. The Morgan fingerprint density at radius 3 is 2.62 bits per heavy atom. The summed E-state index contributed by atoms with van der Waals surface area (Å²) in [5.41, 5.74) is 1.14. The van der Waals surface area contributed by atoms with Gasteiger partial charge in [-0.2, -0.15) is 0 Å². The molecule has 13 heavy (non-hydrogen) atoms. The van der Waals surface area contributed by atoms with Gasteiger partial charge in [0.25, 0.3) is 0 Å². The van der Waals surface area contributed by atoms with Gasteiger partial charge in [-0.1, -0.05) is 20.8 Å². The topological polar surface area (TPSA) is 25.8 Å². The molecule has 1 rings (SSSR count). The Kier molecular flexibility index (Phi) is 4.22. The molecule has 1 aromatic rings. The van der Waals surface area contributed by atoms with Gasteiger partial charge in [-0.25, -0.2) is 4.98 Å². The second kappa shape index (κ2) is 5.22. The lowest BCUT2D eigenvalue weighted by Crippen LogP contribution is -2.00. The molecule has 0 bridgehead atoms. The lowest BCUT2D eigenvalue weighted by atomic mass is 10.1. The molecule has 0 unspecified atom stereocenters. The van der Waals surface area contributed by atoms with Crippen molar-refractivity contribution in [1.82, 2.24) is 9.97 Å². The molecule has 0 saturated heterocycles. The molecule has 2 nitrogen and oxygen atoms in total. The number of hydrogen-bond acceptors (Lipinski definition) is 3. The number of aromatic nitrogens is 2. The second-order valence-corrected chi connectivity index (χ2v) is 4.59. The minimum absolute atomic E-state index is 0.646. The zero-order chi connectivity index (χ0) is 9.68. The summed E-state index contributed by atoms with van der Waals surface area (Å²) in [7, 11) is 0. The largest absolute Gasteiger partial charge is 0.257 e. The van der Waals surface area contributed by atoms with Gasteiger partial charge in [0, 0.05) is 12.4 Å². The van der Waals surface area contributed by atoms with Crippen molar-refractivity contribution >= 4 is 11.8 Å². The molecule has 0 aliphatic rings. The minimum atomic E-state index is 0.646. The molecule has 0 aromatic carbocycles. The van der Waals surface area contributed by atoms with Crippen molar-refractivity contribution in [3.63, 3.8) is 0 Å². The Morgan fingerprint density at radius 1 is 1.31 bits per heavy atom. The first-order chi connectivity index (χ1) is 6.24. The molecular weight excluding hydrogens is 180 g/mol. The quantitative estimate of drug-likeness (QED) is 0.692. The van der Waals surface area contributed by atoms with Crippen LogP contribution in [0.3, 0.4) is 0 Å². The van der Waals surface area contributed by atoms with E-state index >= 15 is 0 Å². The molecule has 0 fully saturated rings. The Labute approximate surface area is 84.2 Å². The van der Waals surface area contributed by atoms with Gasteiger partial charge in [0.15, 0.2) is 0 Å².